The fraction of sp³-hybridized carbons (Fsp3) is 0.200. The Hall–Kier alpha value is -0.710. The van der Waals surface area contributed by atoms with E-state index in [0.717, 1.165) is 20.9 Å². The second-order valence-corrected chi connectivity index (χ2v) is 6.11. The zero-order chi connectivity index (χ0) is 13.8. The minimum atomic E-state index is -0.199. The molecule has 0 saturated carbocycles. The van der Waals surface area contributed by atoms with Gasteiger partial charge < -0.3 is 5.32 Å². The first-order chi connectivity index (χ1) is 9.10. The van der Waals surface area contributed by atoms with Crippen molar-refractivity contribution in [2.24, 2.45) is 0 Å². The van der Waals surface area contributed by atoms with E-state index in [9.17, 15) is 4.39 Å². The molecule has 19 heavy (non-hydrogen) atoms. The molecule has 0 bridgehead atoms. The van der Waals surface area contributed by atoms with Crippen molar-refractivity contribution in [3.63, 3.8) is 0 Å². The number of benzene rings is 2. The number of hydrogen-bond acceptors (Lipinski definition) is 1. The molecule has 1 unspecified atom stereocenters. The van der Waals surface area contributed by atoms with Crippen LogP contribution in [0.4, 0.5) is 4.39 Å². The molecule has 2 rings (SSSR count). The van der Waals surface area contributed by atoms with Gasteiger partial charge in [-0.3, -0.25) is 0 Å². The highest BCUT2D eigenvalue weighted by atomic mass is 79.9. The third kappa shape index (κ3) is 3.88. The maximum absolute atomic E-state index is 12.9. The maximum atomic E-state index is 12.9. The van der Waals surface area contributed by atoms with Crippen LogP contribution in [0, 0.1) is 5.82 Å². The predicted molar refractivity (Wildman–Crippen MR) is 83.7 cm³/mol. The van der Waals surface area contributed by atoms with Crippen LogP contribution >= 0.6 is 31.9 Å². The molecule has 0 radical (unpaired) electrons. The van der Waals surface area contributed by atoms with Crippen LogP contribution in [-0.2, 0) is 6.42 Å². The largest absolute Gasteiger partial charge is 0.313 e. The molecule has 0 aromatic heterocycles. The Morgan fingerprint density at radius 3 is 2.37 bits per heavy atom. The zero-order valence-corrected chi connectivity index (χ0v) is 13.6. The predicted octanol–water partition coefficient (Wildman–Crippen LogP) is 4.85. The van der Waals surface area contributed by atoms with Gasteiger partial charge in [-0.15, -0.1) is 0 Å². The summed E-state index contributed by atoms with van der Waals surface area (Å²) in [5.74, 6) is -0.199. The Kier molecular flexibility index (Phi) is 5.13. The summed E-state index contributed by atoms with van der Waals surface area (Å²) in [4.78, 5) is 0. The average Bonchev–Trinajstić information content (AvgIpc) is 2.39. The SMILES string of the molecule is CNC(Cc1ccc(F)cc1)c1ccc(Br)cc1Br. The van der Waals surface area contributed by atoms with E-state index in [1.54, 1.807) is 0 Å². The summed E-state index contributed by atoms with van der Waals surface area (Å²) < 4.78 is 15.0. The van der Waals surface area contributed by atoms with Crippen LogP contribution in [0.2, 0.25) is 0 Å². The summed E-state index contributed by atoms with van der Waals surface area (Å²) >= 11 is 7.03. The summed E-state index contributed by atoms with van der Waals surface area (Å²) in [5, 5.41) is 3.30. The quantitative estimate of drug-likeness (QED) is 0.791. The summed E-state index contributed by atoms with van der Waals surface area (Å²) in [6.07, 6.45) is 0.816. The van der Waals surface area contributed by atoms with Crippen molar-refractivity contribution in [2.75, 3.05) is 7.05 Å². The van der Waals surface area contributed by atoms with Crippen molar-refractivity contribution < 1.29 is 4.39 Å². The Bertz CT molecular complexity index is 555. The van der Waals surface area contributed by atoms with Gasteiger partial charge in [-0.05, 0) is 48.9 Å². The summed E-state index contributed by atoms with van der Waals surface area (Å²) in [7, 11) is 1.93. The molecule has 0 heterocycles. The number of nitrogens with one attached hydrogen (secondary N) is 1. The van der Waals surface area contributed by atoms with Crippen LogP contribution in [0.5, 0.6) is 0 Å². The van der Waals surface area contributed by atoms with E-state index in [4.69, 9.17) is 0 Å². The van der Waals surface area contributed by atoms with Crippen LogP contribution < -0.4 is 5.32 Å². The van der Waals surface area contributed by atoms with Gasteiger partial charge in [-0.25, -0.2) is 4.39 Å². The molecule has 4 heteroatoms. The standard InChI is InChI=1S/C15H14Br2FN/c1-19-15(8-10-2-5-12(18)6-3-10)13-7-4-11(16)9-14(13)17/h2-7,9,15,19H,8H2,1H3. The first kappa shape index (κ1) is 14.7. The van der Waals surface area contributed by atoms with E-state index in [1.807, 2.05) is 31.3 Å². The van der Waals surface area contributed by atoms with Crippen molar-refractivity contribution in [3.05, 3.63) is 68.4 Å². The first-order valence-corrected chi connectivity index (χ1v) is 7.55. The van der Waals surface area contributed by atoms with Crippen LogP contribution in [0.25, 0.3) is 0 Å². The van der Waals surface area contributed by atoms with Crippen molar-refractivity contribution in [1.82, 2.24) is 5.32 Å². The molecule has 0 spiro atoms. The van der Waals surface area contributed by atoms with Crippen LogP contribution in [-0.4, -0.2) is 7.05 Å². The molecule has 0 saturated heterocycles. The molecule has 0 aliphatic heterocycles. The maximum Gasteiger partial charge on any atom is 0.123 e. The molecule has 1 nitrogen and oxygen atoms in total. The van der Waals surface area contributed by atoms with Gasteiger partial charge >= 0.3 is 0 Å². The van der Waals surface area contributed by atoms with Crippen molar-refractivity contribution in [2.45, 2.75) is 12.5 Å². The molecule has 100 valence electrons. The number of likely N-dealkylation sites (N-methyl/N-ethyl adjacent to an activating group) is 1. The normalized spacial score (nSPS) is 12.4. The molecule has 2 aromatic rings. The molecule has 2 aromatic carbocycles. The third-order valence-electron chi connectivity index (χ3n) is 3.04. The van der Waals surface area contributed by atoms with Crippen molar-refractivity contribution in [1.29, 1.82) is 0 Å². The smallest absolute Gasteiger partial charge is 0.123 e. The van der Waals surface area contributed by atoms with Gasteiger partial charge in [0.2, 0.25) is 0 Å². The first-order valence-electron chi connectivity index (χ1n) is 5.97. The second-order valence-electron chi connectivity index (χ2n) is 4.34. The molecule has 0 amide bonds. The van der Waals surface area contributed by atoms with E-state index in [1.165, 1.54) is 17.7 Å². The zero-order valence-electron chi connectivity index (χ0n) is 10.5. The number of halogens is 3. The molecule has 1 N–H and O–H groups in total. The Balaban J connectivity index is 2.22. The molecule has 0 aliphatic rings. The minimum absolute atomic E-state index is 0.188. The van der Waals surface area contributed by atoms with Gasteiger partial charge in [0.25, 0.3) is 0 Å². The van der Waals surface area contributed by atoms with Gasteiger partial charge in [0.1, 0.15) is 5.82 Å². The summed E-state index contributed by atoms with van der Waals surface area (Å²) in [6.45, 7) is 0. The third-order valence-corrected chi connectivity index (χ3v) is 4.22. The molecule has 1 atom stereocenters. The summed E-state index contributed by atoms with van der Waals surface area (Å²) in [6, 6.07) is 13.0. The topological polar surface area (TPSA) is 12.0 Å². The van der Waals surface area contributed by atoms with E-state index in [-0.39, 0.29) is 11.9 Å². The molecular weight excluding hydrogens is 373 g/mol. The Labute approximate surface area is 129 Å². The lowest BCUT2D eigenvalue weighted by Gasteiger charge is -2.18. The lowest BCUT2D eigenvalue weighted by Crippen LogP contribution is -2.19. The number of rotatable bonds is 4. The van der Waals surface area contributed by atoms with Gasteiger partial charge in [0, 0.05) is 15.0 Å². The van der Waals surface area contributed by atoms with Crippen LogP contribution in [0.1, 0.15) is 17.2 Å². The van der Waals surface area contributed by atoms with Gasteiger partial charge in [0.15, 0.2) is 0 Å². The Morgan fingerprint density at radius 1 is 1.11 bits per heavy atom. The fourth-order valence-corrected chi connectivity index (χ4v) is 3.33. The van der Waals surface area contributed by atoms with Crippen molar-refractivity contribution >= 4 is 31.9 Å². The average molecular weight is 387 g/mol. The van der Waals surface area contributed by atoms with E-state index < -0.39 is 0 Å². The highest BCUT2D eigenvalue weighted by Gasteiger charge is 2.13. The highest BCUT2D eigenvalue weighted by molar-refractivity contribution is 9.11. The lowest BCUT2D eigenvalue weighted by atomic mass is 9.99. The van der Waals surface area contributed by atoms with Crippen molar-refractivity contribution in [3.8, 4) is 0 Å². The molecule has 0 aliphatic carbocycles. The van der Waals surface area contributed by atoms with Crippen LogP contribution in [0.15, 0.2) is 51.4 Å². The van der Waals surface area contributed by atoms with Crippen LogP contribution in [0.3, 0.4) is 0 Å². The van der Waals surface area contributed by atoms with Gasteiger partial charge in [-0.1, -0.05) is 50.1 Å². The fourth-order valence-electron chi connectivity index (χ4n) is 2.01. The van der Waals surface area contributed by atoms with E-state index in [2.05, 4.69) is 43.2 Å². The van der Waals surface area contributed by atoms with E-state index >= 15 is 0 Å². The second kappa shape index (κ2) is 6.64. The molecule has 0 fully saturated rings. The monoisotopic (exact) mass is 385 g/mol. The van der Waals surface area contributed by atoms with E-state index in [0.29, 0.717) is 0 Å². The highest BCUT2D eigenvalue weighted by Crippen LogP contribution is 2.28. The summed E-state index contributed by atoms with van der Waals surface area (Å²) in [5.41, 5.74) is 2.30. The lowest BCUT2D eigenvalue weighted by molar-refractivity contribution is 0.586. The Morgan fingerprint density at radius 2 is 1.79 bits per heavy atom. The van der Waals surface area contributed by atoms with Gasteiger partial charge in [-0.2, -0.15) is 0 Å². The van der Waals surface area contributed by atoms with Gasteiger partial charge in [0.05, 0.1) is 0 Å². The molecular formula is C15H14Br2FN. The number of hydrogen-bond donors (Lipinski definition) is 1. The minimum Gasteiger partial charge on any atom is -0.313 e.